The molecular formula is C13H14F3N3O. The lowest BCUT2D eigenvalue weighted by molar-refractivity contribution is -0.137. The monoisotopic (exact) mass is 285 g/mol. The molecule has 0 aliphatic carbocycles. The van der Waals surface area contributed by atoms with E-state index in [0.29, 0.717) is 13.0 Å². The lowest BCUT2D eigenvalue weighted by Crippen LogP contribution is -2.29. The third-order valence-corrected chi connectivity index (χ3v) is 3.32. The number of rotatable bonds is 2. The lowest BCUT2D eigenvalue weighted by atomic mass is 9.94. The first-order chi connectivity index (χ1) is 9.29. The van der Waals surface area contributed by atoms with Crippen molar-refractivity contribution in [1.29, 1.82) is 0 Å². The zero-order valence-corrected chi connectivity index (χ0v) is 10.8. The molecular weight excluding hydrogens is 271 g/mol. The molecule has 0 saturated heterocycles. The maximum Gasteiger partial charge on any atom is 0.416 e. The van der Waals surface area contributed by atoms with Crippen LogP contribution in [0.3, 0.4) is 0 Å². The van der Waals surface area contributed by atoms with Crippen molar-refractivity contribution in [3.63, 3.8) is 0 Å². The number of hydrogen-bond acceptors (Lipinski definition) is 2. The molecule has 1 aliphatic heterocycles. The van der Waals surface area contributed by atoms with Crippen LogP contribution in [0.5, 0.6) is 0 Å². The summed E-state index contributed by atoms with van der Waals surface area (Å²) in [6.45, 7) is 2.25. The summed E-state index contributed by atoms with van der Waals surface area (Å²) in [4.78, 5) is 11.0. The predicted octanol–water partition coefficient (Wildman–Crippen LogP) is 2.95. The minimum absolute atomic E-state index is 0.151. The molecule has 0 bridgehead atoms. The van der Waals surface area contributed by atoms with Gasteiger partial charge < -0.3 is 5.73 Å². The first kappa shape index (κ1) is 14.4. The maximum absolute atomic E-state index is 12.5. The van der Waals surface area contributed by atoms with E-state index in [1.165, 1.54) is 12.1 Å². The van der Waals surface area contributed by atoms with E-state index in [0.717, 1.165) is 28.4 Å². The van der Waals surface area contributed by atoms with Gasteiger partial charge in [-0.1, -0.05) is 19.1 Å². The Balaban J connectivity index is 2.16. The highest BCUT2D eigenvalue weighted by Crippen LogP contribution is 2.31. The fourth-order valence-corrected chi connectivity index (χ4v) is 2.09. The number of halogens is 3. The number of benzene rings is 1. The van der Waals surface area contributed by atoms with Crippen LogP contribution in [0.25, 0.3) is 0 Å². The summed E-state index contributed by atoms with van der Waals surface area (Å²) in [5, 5.41) is 5.25. The first-order valence-electron chi connectivity index (χ1n) is 6.10. The van der Waals surface area contributed by atoms with Crippen molar-refractivity contribution in [2.75, 3.05) is 6.54 Å². The largest absolute Gasteiger partial charge is 0.416 e. The highest BCUT2D eigenvalue weighted by Gasteiger charge is 2.30. The molecule has 0 spiro atoms. The molecule has 20 heavy (non-hydrogen) atoms. The van der Waals surface area contributed by atoms with E-state index in [-0.39, 0.29) is 5.92 Å². The Bertz CT molecular complexity index is 537. The van der Waals surface area contributed by atoms with E-state index in [9.17, 15) is 18.0 Å². The van der Waals surface area contributed by atoms with Gasteiger partial charge in [0.05, 0.1) is 12.1 Å². The quantitative estimate of drug-likeness (QED) is 0.892. The summed E-state index contributed by atoms with van der Waals surface area (Å²) in [5.74, 6) is -0.151. The molecule has 0 radical (unpaired) electrons. The van der Waals surface area contributed by atoms with Gasteiger partial charge in [0, 0.05) is 18.1 Å². The van der Waals surface area contributed by atoms with Crippen molar-refractivity contribution in [1.82, 2.24) is 5.01 Å². The number of carbonyl (C=O) groups is 1. The molecule has 0 unspecified atom stereocenters. The van der Waals surface area contributed by atoms with Crippen LogP contribution in [0.4, 0.5) is 18.0 Å². The molecule has 1 aliphatic rings. The standard InChI is InChI=1S/C13H14F3N3O/c1-8(11-6-7-19(18-11)12(17)20)9-2-4-10(5-3-9)13(14,15)16/h2-5,8H,6-7H2,1H3,(H2,17,20)/t8-/m1/s1. The van der Waals surface area contributed by atoms with Gasteiger partial charge in [-0.25, -0.2) is 9.80 Å². The molecule has 2 amide bonds. The fraction of sp³-hybridized carbons (Fsp3) is 0.385. The molecule has 0 fully saturated rings. The van der Waals surface area contributed by atoms with Crippen LogP contribution in [0.2, 0.25) is 0 Å². The first-order valence-corrected chi connectivity index (χ1v) is 6.10. The number of nitrogens with two attached hydrogens (primary N) is 1. The fourth-order valence-electron chi connectivity index (χ4n) is 2.09. The minimum atomic E-state index is -4.34. The number of primary amides is 1. The van der Waals surface area contributed by atoms with E-state index in [4.69, 9.17) is 5.73 Å². The van der Waals surface area contributed by atoms with Crippen LogP contribution in [-0.4, -0.2) is 23.3 Å². The van der Waals surface area contributed by atoms with Crippen molar-refractivity contribution in [2.24, 2.45) is 10.8 Å². The topological polar surface area (TPSA) is 58.7 Å². The normalized spacial score (nSPS) is 17.0. The Morgan fingerprint density at radius 2 is 1.95 bits per heavy atom. The second kappa shape index (κ2) is 5.15. The second-order valence-electron chi connectivity index (χ2n) is 4.64. The smallest absolute Gasteiger partial charge is 0.350 e. The third-order valence-electron chi connectivity index (χ3n) is 3.32. The number of urea groups is 1. The highest BCUT2D eigenvalue weighted by molar-refractivity contribution is 5.93. The number of hydrazone groups is 1. The number of amides is 2. The molecule has 7 heteroatoms. The Morgan fingerprint density at radius 3 is 2.40 bits per heavy atom. The average molecular weight is 285 g/mol. The van der Waals surface area contributed by atoms with Gasteiger partial charge in [-0.05, 0) is 17.7 Å². The molecule has 2 N–H and O–H groups in total. The SMILES string of the molecule is C[C@@H](C1=NN(C(N)=O)CC1)c1ccc(C(F)(F)F)cc1. The predicted molar refractivity (Wildman–Crippen MR) is 68.2 cm³/mol. The van der Waals surface area contributed by atoms with Crippen LogP contribution in [-0.2, 0) is 6.18 Å². The van der Waals surface area contributed by atoms with Crippen molar-refractivity contribution < 1.29 is 18.0 Å². The maximum atomic E-state index is 12.5. The molecule has 1 aromatic carbocycles. The van der Waals surface area contributed by atoms with Crippen molar-refractivity contribution in [2.45, 2.75) is 25.4 Å². The zero-order chi connectivity index (χ0) is 14.9. The zero-order valence-electron chi connectivity index (χ0n) is 10.8. The van der Waals surface area contributed by atoms with Crippen LogP contribution in [0, 0.1) is 0 Å². The molecule has 1 aromatic rings. The van der Waals surface area contributed by atoms with Gasteiger partial charge in [-0.15, -0.1) is 0 Å². The number of carbonyl (C=O) groups excluding carboxylic acids is 1. The summed E-state index contributed by atoms with van der Waals surface area (Å²) in [7, 11) is 0. The van der Waals surface area contributed by atoms with Crippen LogP contribution < -0.4 is 5.73 Å². The van der Waals surface area contributed by atoms with Crippen molar-refractivity contribution in [3.8, 4) is 0 Å². The number of alkyl halides is 3. The number of nitrogens with zero attached hydrogens (tertiary/aromatic N) is 2. The summed E-state index contributed by atoms with van der Waals surface area (Å²) in [6.07, 6.45) is -3.76. The number of hydrogen-bond donors (Lipinski definition) is 1. The molecule has 108 valence electrons. The Hall–Kier alpha value is -2.05. The van der Waals surface area contributed by atoms with Crippen molar-refractivity contribution >= 4 is 11.7 Å². The van der Waals surface area contributed by atoms with Crippen LogP contribution >= 0.6 is 0 Å². The molecule has 2 rings (SSSR count). The summed E-state index contributed by atoms with van der Waals surface area (Å²) in [6, 6.07) is 4.34. The lowest BCUT2D eigenvalue weighted by Gasteiger charge is -2.13. The Labute approximate surface area is 114 Å². The van der Waals surface area contributed by atoms with E-state index >= 15 is 0 Å². The minimum Gasteiger partial charge on any atom is -0.350 e. The van der Waals surface area contributed by atoms with Gasteiger partial charge in [0.25, 0.3) is 0 Å². The van der Waals surface area contributed by atoms with Gasteiger partial charge in [0.15, 0.2) is 0 Å². The molecule has 1 heterocycles. The van der Waals surface area contributed by atoms with E-state index in [1.54, 1.807) is 0 Å². The van der Waals surface area contributed by atoms with Gasteiger partial charge in [0.2, 0.25) is 0 Å². The molecule has 1 atom stereocenters. The summed E-state index contributed by atoms with van der Waals surface area (Å²) in [5.41, 5.74) is 5.91. The second-order valence-corrected chi connectivity index (χ2v) is 4.64. The highest BCUT2D eigenvalue weighted by atomic mass is 19.4. The van der Waals surface area contributed by atoms with Crippen LogP contribution in [0.1, 0.15) is 30.4 Å². The summed E-state index contributed by atoms with van der Waals surface area (Å²) >= 11 is 0. The van der Waals surface area contributed by atoms with E-state index in [1.807, 2.05) is 6.92 Å². The van der Waals surface area contributed by atoms with Gasteiger partial charge in [-0.3, -0.25) is 0 Å². The summed E-state index contributed by atoms with van der Waals surface area (Å²) < 4.78 is 37.4. The van der Waals surface area contributed by atoms with Crippen LogP contribution in [0.15, 0.2) is 29.4 Å². The van der Waals surface area contributed by atoms with Crippen molar-refractivity contribution in [3.05, 3.63) is 35.4 Å². The Kier molecular flexibility index (Phi) is 3.69. The Morgan fingerprint density at radius 1 is 1.35 bits per heavy atom. The van der Waals surface area contributed by atoms with E-state index in [2.05, 4.69) is 5.10 Å². The molecule has 0 aromatic heterocycles. The van der Waals surface area contributed by atoms with Gasteiger partial charge >= 0.3 is 12.2 Å². The molecule has 4 nitrogen and oxygen atoms in total. The van der Waals surface area contributed by atoms with Gasteiger partial charge in [0.1, 0.15) is 0 Å². The molecule has 0 saturated carbocycles. The van der Waals surface area contributed by atoms with E-state index < -0.39 is 17.8 Å². The van der Waals surface area contributed by atoms with Gasteiger partial charge in [-0.2, -0.15) is 18.3 Å². The average Bonchev–Trinajstić information content (AvgIpc) is 2.86. The third kappa shape index (κ3) is 2.92.